The highest BCUT2D eigenvalue weighted by Gasteiger charge is 2.12. The van der Waals surface area contributed by atoms with Crippen LogP contribution in [-0.2, 0) is 14.8 Å². The molecule has 0 unspecified atom stereocenters. The molecule has 0 aliphatic heterocycles. The lowest BCUT2D eigenvalue weighted by Gasteiger charge is -2.13. The second kappa shape index (κ2) is 9.14. The fourth-order valence-electron chi connectivity index (χ4n) is 2.42. The van der Waals surface area contributed by atoms with E-state index in [1.807, 2.05) is 0 Å². The van der Waals surface area contributed by atoms with Crippen LogP contribution in [0, 0.1) is 0 Å². The van der Waals surface area contributed by atoms with Crippen molar-refractivity contribution in [2.45, 2.75) is 0 Å². The van der Waals surface area contributed by atoms with Crippen molar-refractivity contribution in [3.8, 4) is 17.2 Å². The number of amides is 1. The van der Waals surface area contributed by atoms with Crippen LogP contribution in [0.3, 0.4) is 0 Å². The minimum atomic E-state index is -3.47. The van der Waals surface area contributed by atoms with Crippen LogP contribution < -0.4 is 24.2 Å². The number of methoxy groups -OCH3 is 3. The van der Waals surface area contributed by atoms with Crippen molar-refractivity contribution in [3.05, 3.63) is 48.0 Å². The summed E-state index contributed by atoms with van der Waals surface area (Å²) in [6.07, 6.45) is 3.93. The number of sulfonamides is 1. The lowest BCUT2D eigenvalue weighted by Crippen LogP contribution is -2.14. The molecule has 0 aliphatic carbocycles. The maximum Gasteiger partial charge on any atom is 0.248 e. The first-order valence-electron chi connectivity index (χ1n) is 8.13. The molecule has 9 heteroatoms. The normalized spacial score (nSPS) is 11.1. The zero-order chi connectivity index (χ0) is 20.7. The average molecular weight is 406 g/mol. The van der Waals surface area contributed by atoms with Crippen LogP contribution in [0.1, 0.15) is 5.56 Å². The van der Waals surface area contributed by atoms with E-state index in [1.165, 1.54) is 27.4 Å². The van der Waals surface area contributed by atoms with E-state index >= 15 is 0 Å². The summed E-state index contributed by atoms with van der Waals surface area (Å²) >= 11 is 0. The molecule has 150 valence electrons. The Morgan fingerprint density at radius 3 is 2.04 bits per heavy atom. The number of carbonyl (C=O) groups excluding carboxylic acids is 1. The topological polar surface area (TPSA) is 103 Å². The Kier molecular flexibility index (Phi) is 6.89. The van der Waals surface area contributed by atoms with Crippen LogP contribution >= 0.6 is 0 Å². The molecule has 28 heavy (non-hydrogen) atoms. The predicted molar refractivity (Wildman–Crippen MR) is 109 cm³/mol. The largest absolute Gasteiger partial charge is 0.493 e. The molecule has 1 amide bonds. The number of ether oxygens (including phenoxy) is 3. The first-order chi connectivity index (χ1) is 13.3. The molecule has 2 aromatic rings. The molecule has 2 rings (SSSR count). The fourth-order valence-corrected chi connectivity index (χ4v) is 3.00. The van der Waals surface area contributed by atoms with Gasteiger partial charge in [-0.3, -0.25) is 9.52 Å². The van der Waals surface area contributed by atoms with Gasteiger partial charge in [0.2, 0.25) is 21.7 Å². The van der Waals surface area contributed by atoms with Crippen LogP contribution in [0.2, 0.25) is 0 Å². The van der Waals surface area contributed by atoms with Crippen molar-refractivity contribution in [2.24, 2.45) is 0 Å². The van der Waals surface area contributed by atoms with Gasteiger partial charge in [-0.15, -0.1) is 0 Å². The molecule has 0 radical (unpaired) electrons. The van der Waals surface area contributed by atoms with E-state index in [2.05, 4.69) is 10.0 Å². The lowest BCUT2D eigenvalue weighted by molar-refractivity contribution is -0.111. The Labute approximate surface area is 164 Å². The van der Waals surface area contributed by atoms with Crippen molar-refractivity contribution >= 4 is 33.4 Å². The molecular weight excluding hydrogens is 384 g/mol. The van der Waals surface area contributed by atoms with Crippen molar-refractivity contribution in [2.75, 3.05) is 37.6 Å². The molecule has 0 saturated carbocycles. The van der Waals surface area contributed by atoms with Crippen molar-refractivity contribution in [1.29, 1.82) is 0 Å². The highest BCUT2D eigenvalue weighted by atomic mass is 32.2. The standard InChI is InChI=1S/C19H22N2O6S/c1-25-16-11-13(12-17(26-2)19(16)27-3)9-10-18(22)20-14-7-5-6-8-15(14)21-28(4,23)24/h5-12,21H,1-4H3,(H,20,22)/b10-9+. The number of carbonyl (C=O) groups is 1. The summed E-state index contributed by atoms with van der Waals surface area (Å²) < 4.78 is 41.1. The number of anilines is 2. The van der Waals surface area contributed by atoms with Crippen LogP contribution in [0.5, 0.6) is 17.2 Å². The number of para-hydroxylation sites is 2. The van der Waals surface area contributed by atoms with Gasteiger partial charge < -0.3 is 19.5 Å². The maximum absolute atomic E-state index is 12.3. The summed E-state index contributed by atoms with van der Waals surface area (Å²) in [5.74, 6) is 0.943. The Hall–Kier alpha value is -3.20. The SMILES string of the molecule is COc1cc(/C=C/C(=O)Nc2ccccc2NS(C)(=O)=O)cc(OC)c1OC. The monoisotopic (exact) mass is 406 g/mol. The molecule has 0 aromatic heterocycles. The van der Waals surface area contributed by atoms with Gasteiger partial charge in [-0.2, -0.15) is 0 Å². The van der Waals surface area contributed by atoms with Gasteiger partial charge in [0.15, 0.2) is 11.5 Å². The van der Waals surface area contributed by atoms with Crippen LogP contribution in [0.15, 0.2) is 42.5 Å². The van der Waals surface area contributed by atoms with Crippen molar-refractivity contribution in [3.63, 3.8) is 0 Å². The van der Waals surface area contributed by atoms with E-state index < -0.39 is 15.9 Å². The van der Waals surface area contributed by atoms with E-state index in [4.69, 9.17) is 14.2 Å². The Morgan fingerprint density at radius 1 is 0.964 bits per heavy atom. The summed E-state index contributed by atoms with van der Waals surface area (Å²) in [5, 5.41) is 2.64. The second-order valence-electron chi connectivity index (χ2n) is 5.70. The van der Waals surface area contributed by atoms with Gasteiger partial charge in [0.25, 0.3) is 0 Å². The summed E-state index contributed by atoms with van der Waals surface area (Å²) in [5.41, 5.74) is 1.28. The maximum atomic E-state index is 12.3. The van der Waals surface area contributed by atoms with Gasteiger partial charge in [0, 0.05) is 6.08 Å². The zero-order valence-corrected chi connectivity index (χ0v) is 16.8. The lowest BCUT2D eigenvalue weighted by atomic mass is 10.1. The van der Waals surface area contributed by atoms with Crippen molar-refractivity contribution in [1.82, 2.24) is 0 Å². The van der Waals surface area contributed by atoms with E-state index in [1.54, 1.807) is 42.5 Å². The Morgan fingerprint density at radius 2 is 1.54 bits per heavy atom. The quantitative estimate of drug-likeness (QED) is 0.654. The Bertz CT molecular complexity index is 961. The van der Waals surface area contributed by atoms with Gasteiger partial charge in [-0.25, -0.2) is 8.42 Å². The third-order valence-corrected chi connectivity index (χ3v) is 4.19. The molecule has 0 aliphatic rings. The number of rotatable bonds is 8. The van der Waals surface area contributed by atoms with E-state index in [0.29, 0.717) is 28.5 Å². The molecule has 0 bridgehead atoms. The summed E-state index contributed by atoms with van der Waals surface area (Å²) in [6, 6.07) is 9.90. The molecular formula is C19H22N2O6S. The Balaban J connectivity index is 2.21. The van der Waals surface area contributed by atoms with Crippen LogP contribution in [0.25, 0.3) is 6.08 Å². The van der Waals surface area contributed by atoms with Gasteiger partial charge in [0.1, 0.15) is 0 Å². The predicted octanol–water partition coefficient (Wildman–Crippen LogP) is 2.74. The zero-order valence-electron chi connectivity index (χ0n) is 16.0. The summed E-state index contributed by atoms with van der Waals surface area (Å²) in [4.78, 5) is 12.3. The third kappa shape index (κ3) is 5.65. The molecule has 0 spiro atoms. The van der Waals surface area contributed by atoms with Crippen LogP contribution in [0.4, 0.5) is 11.4 Å². The minimum absolute atomic E-state index is 0.277. The highest BCUT2D eigenvalue weighted by Crippen LogP contribution is 2.38. The van der Waals surface area contributed by atoms with E-state index in [9.17, 15) is 13.2 Å². The van der Waals surface area contributed by atoms with Gasteiger partial charge in [-0.1, -0.05) is 12.1 Å². The average Bonchev–Trinajstić information content (AvgIpc) is 2.65. The number of benzene rings is 2. The fraction of sp³-hybridized carbons (Fsp3) is 0.211. The smallest absolute Gasteiger partial charge is 0.248 e. The first kappa shape index (κ1) is 21.1. The second-order valence-corrected chi connectivity index (χ2v) is 7.45. The third-order valence-electron chi connectivity index (χ3n) is 3.59. The molecule has 0 saturated heterocycles. The van der Waals surface area contributed by atoms with Gasteiger partial charge in [0.05, 0.1) is 39.0 Å². The highest BCUT2D eigenvalue weighted by molar-refractivity contribution is 7.92. The van der Waals surface area contributed by atoms with E-state index in [0.717, 1.165) is 6.26 Å². The molecule has 0 atom stereocenters. The first-order valence-corrected chi connectivity index (χ1v) is 10.0. The molecule has 2 N–H and O–H groups in total. The van der Waals surface area contributed by atoms with Gasteiger partial charge >= 0.3 is 0 Å². The van der Waals surface area contributed by atoms with Gasteiger partial charge in [-0.05, 0) is 35.9 Å². The molecule has 2 aromatic carbocycles. The number of nitrogens with one attached hydrogen (secondary N) is 2. The van der Waals surface area contributed by atoms with Crippen molar-refractivity contribution < 1.29 is 27.4 Å². The number of hydrogen-bond acceptors (Lipinski definition) is 6. The number of hydrogen-bond donors (Lipinski definition) is 2. The molecule has 8 nitrogen and oxygen atoms in total. The van der Waals surface area contributed by atoms with E-state index in [-0.39, 0.29) is 5.69 Å². The minimum Gasteiger partial charge on any atom is -0.493 e. The summed E-state index contributed by atoms with van der Waals surface area (Å²) in [7, 11) is 1.04. The summed E-state index contributed by atoms with van der Waals surface area (Å²) in [6.45, 7) is 0. The molecule has 0 fully saturated rings. The van der Waals surface area contributed by atoms with Crippen LogP contribution in [-0.4, -0.2) is 41.9 Å². The molecule has 0 heterocycles.